The van der Waals surface area contributed by atoms with Gasteiger partial charge in [0, 0.05) is 6.07 Å². The van der Waals surface area contributed by atoms with Crippen molar-refractivity contribution in [3.63, 3.8) is 0 Å². The molecule has 0 unspecified atom stereocenters. The van der Waals surface area contributed by atoms with Crippen LogP contribution in [0.25, 0.3) is 11.3 Å². The summed E-state index contributed by atoms with van der Waals surface area (Å²) in [6.45, 7) is 1.77. The van der Waals surface area contributed by atoms with Crippen molar-refractivity contribution in [2.75, 3.05) is 5.32 Å². The van der Waals surface area contributed by atoms with Gasteiger partial charge in [-0.1, -0.05) is 23.5 Å². The summed E-state index contributed by atoms with van der Waals surface area (Å²) in [4.78, 5) is 22.6. The highest BCUT2D eigenvalue weighted by molar-refractivity contribution is 7.15. The molecule has 2 aromatic heterocycles. The Morgan fingerprint density at radius 1 is 1.26 bits per heavy atom. The first kappa shape index (κ1) is 14.9. The van der Waals surface area contributed by atoms with E-state index in [4.69, 9.17) is 4.42 Å². The van der Waals surface area contributed by atoms with E-state index in [0.717, 1.165) is 5.01 Å². The van der Waals surface area contributed by atoms with Crippen molar-refractivity contribution in [1.82, 2.24) is 10.2 Å². The number of carbonyl (C=O) groups excluding carboxylic acids is 1. The topological polar surface area (TPSA) is 111 Å². The van der Waals surface area contributed by atoms with Crippen LogP contribution in [0.15, 0.2) is 40.8 Å². The first-order valence-electron chi connectivity index (χ1n) is 6.49. The minimum Gasteiger partial charge on any atom is -0.451 e. The van der Waals surface area contributed by atoms with E-state index >= 15 is 0 Å². The SMILES string of the molecule is Cc1nnc(NC(=O)c2ccc(-c3ccccc3[N+](=O)[O-])o2)s1. The number of anilines is 1. The number of furan rings is 1. The van der Waals surface area contributed by atoms with Crippen LogP contribution in [0.1, 0.15) is 15.6 Å². The van der Waals surface area contributed by atoms with Crippen LogP contribution in [0.3, 0.4) is 0 Å². The lowest BCUT2D eigenvalue weighted by atomic mass is 10.1. The monoisotopic (exact) mass is 330 g/mol. The van der Waals surface area contributed by atoms with Crippen molar-refractivity contribution in [2.24, 2.45) is 0 Å². The second kappa shape index (κ2) is 5.97. The third kappa shape index (κ3) is 3.09. The van der Waals surface area contributed by atoms with Crippen LogP contribution in [-0.4, -0.2) is 21.0 Å². The van der Waals surface area contributed by atoms with Crippen molar-refractivity contribution in [3.8, 4) is 11.3 Å². The highest BCUT2D eigenvalue weighted by Gasteiger charge is 2.19. The van der Waals surface area contributed by atoms with Gasteiger partial charge in [0.15, 0.2) is 5.76 Å². The molecule has 1 aromatic carbocycles. The van der Waals surface area contributed by atoms with Crippen LogP contribution in [0.2, 0.25) is 0 Å². The number of amides is 1. The molecule has 0 saturated carbocycles. The number of nitrogens with zero attached hydrogens (tertiary/aromatic N) is 3. The molecule has 3 aromatic rings. The zero-order valence-corrected chi connectivity index (χ0v) is 12.7. The molecule has 23 heavy (non-hydrogen) atoms. The lowest BCUT2D eigenvalue weighted by molar-refractivity contribution is -0.384. The maximum atomic E-state index is 12.1. The average molecular weight is 330 g/mol. The van der Waals surface area contributed by atoms with Gasteiger partial charge in [-0.25, -0.2) is 0 Å². The molecule has 0 spiro atoms. The van der Waals surface area contributed by atoms with Crippen LogP contribution in [0.4, 0.5) is 10.8 Å². The minimum absolute atomic E-state index is 0.0333. The summed E-state index contributed by atoms with van der Waals surface area (Å²) in [5.74, 6) is -0.215. The van der Waals surface area contributed by atoms with E-state index in [-0.39, 0.29) is 17.2 Å². The largest absolute Gasteiger partial charge is 0.451 e. The number of aryl methyl sites for hydroxylation is 1. The van der Waals surface area contributed by atoms with Crippen molar-refractivity contribution in [3.05, 3.63) is 57.3 Å². The maximum absolute atomic E-state index is 12.1. The van der Waals surface area contributed by atoms with E-state index in [1.54, 1.807) is 25.1 Å². The predicted molar refractivity (Wildman–Crippen MR) is 83.4 cm³/mol. The minimum atomic E-state index is -0.498. The molecule has 0 aliphatic carbocycles. The van der Waals surface area contributed by atoms with Gasteiger partial charge in [-0.3, -0.25) is 20.2 Å². The van der Waals surface area contributed by atoms with Crippen molar-refractivity contribution >= 4 is 28.1 Å². The third-order valence-electron chi connectivity index (χ3n) is 2.94. The number of carbonyl (C=O) groups is 1. The molecule has 2 heterocycles. The molecule has 0 bridgehead atoms. The normalized spacial score (nSPS) is 10.5. The molecular formula is C14H10N4O4S. The number of hydrogen-bond acceptors (Lipinski definition) is 7. The molecule has 0 saturated heterocycles. The predicted octanol–water partition coefficient (Wildman–Crippen LogP) is 3.27. The molecule has 0 aliphatic heterocycles. The quantitative estimate of drug-likeness (QED) is 0.580. The van der Waals surface area contributed by atoms with Crippen molar-refractivity contribution < 1.29 is 14.1 Å². The van der Waals surface area contributed by atoms with E-state index in [1.165, 1.54) is 29.5 Å². The Balaban J connectivity index is 1.86. The number of hydrogen-bond donors (Lipinski definition) is 1. The summed E-state index contributed by atoms with van der Waals surface area (Å²) < 4.78 is 5.44. The molecule has 8 nitrogen and oxygen atoms in total. The Labute approximate surface area is 133 Å². The maximum Gasteiger partial charge on any atom is 0.293 e. The van der Waals surface area contributed by atoms with Gasteiger partial charge in [0.2, 0.25) is 5.13 Å². The Bertz CT molecular complexity index is 886. The van der Waals surface area contributed by atoms with Gasteiger partial charge in [0.25, 0.3) is 11.6 Å². The second-order valence-electron chi connectivity index (χ2n) is 4.52. The Kier molecular flexibility index (Phi) is 3.85. The highest BCUT2D eigenvalue weighted by Crippen LogP contribution is 2.31. The zero-order valence-electron chi connectivity index (χ0n) is 11.8. The number of nitro benzene ring substituents is 1. The first-order valence-corrected chi connectivity index (χ1v) is 7.31. The molecule has 3 rings (SSSR count). The highest BCUT2D eigenvalue weighted by atomic mass is 32.1. The van der Waals surface area contributed by atoms with Crippen molar-refractivity contribution in [2.45, 2.75) is 6.92 Å². The fourth-order valence-electron chi connectivity index (χ4n) is 1.95. The van der Waals surface area contributed by atoms with Crippen LogP contribution in [0.5, 0.6) is 0 Å². The van der Waals surface area contributed by atoms with Gasteiger partial charge in [0.05, 0.1) is 10.5 Å². The van der Waals surface area contributed by atoms with Crippen LogP contribution < -0.4 is 5.32 Å². The van der Waals surface area contributed by atoms with Gasteiger partial charge >= 0.3 is 0 Å². The smallest absolute Gasteiger partial charge is 0.293 e. The average Bonchev–Trinajstić information content (AvgIpc) is 3.16. The number of para-hydroxylation sites is 1. The lowest BCUT2D eigenvalue weighted by Gasteiger charge is -1.99. The summed E-state index contributed by atoms with van der Waals surface area (Å²) in [6.07, 6.45) is 0. The summed E-state index contributed by atoms with van der Waals surface area (Å²) in [6, 6.07) is 9.14. The van der Waals surface area contributed by atoms with Crippen LogP contribution in [-0.2, 0) is 0 Å². The van der Waals surface area contributed by atoms with E-state index in [9.17, 15) is 14.9 Å². The Morgan fingerprint density at radius 3 is 2.74 bits per heavy atom. The number of benzene rings is 1. The van der Waals surface area contributed by atoms with Gasteiger partial charge in [-0.2, -0.15) is 0 Å². The molecule has 9 heteroatoms. The van der Waals surface area contributed by atoms with E-state index in [0.29, 0.717) is 10.7 Å². The summed E-state index contributed by atoms with van der Waals surface area (Å²) in [7, 11) is 0. The summed E-state index contributed by atoms with van der Waals surface area (Å²) >= 11 is 1.24. The van der Waals surface area contributed by atoms with Gasteiger partial charge in [-0.15, -0.1) is 10.2 Å². The fourth-order valence-corrected chi connectivity index (χ4v) is 2.54. The molecule has 0 fully saturated rings. The number of nitro groups is 1. The molecular weight excluding hydrogens is 320 g/mol. The molecule has 116 valence electrons. The second-order valence-corrected chi connectivity index (χ2v) is 5.70. The van der Waals surface area contributed by atoms with Gasteiger partial charge in [0.1, 0.15) is 10.8 Å². The van der Waals surface area contributed by atoms with Gasteiger partial charge < -0.3 is 4.42 Å². The molecule has 1 N–H and O–H groups in total. The van der Waals surface area contributed by atoms with Crippen LogP contribution in [0, 0.1) is 17.0 Å². The molecule has 0 atom stereocenters. The Morgan fingerprint density at radius 2 is 2.04 bits per heavy atom. The van der Waals surface area contributed by atoms with Crippen molar-refractivity contribution in [1.29, 1.82) is 0 Å². The summed E-state index contributed by atoms with van der Waals surface area (Å²) in [5, 5.41) is 22.3. The fraction of sp³-hybridized carbons (Fsp3) is 0.0714. The molecule has 0 radical (unpaired) electrons. The third-order valence-corrected chi connectivity index (χ3v) is 3.70. The molecule has 0 aliphatic rings. The van der Waals surface area contributed by atoms with E-state index in [1.807, 2.05) is 0 Å². The van der Waals surface area contributed by atoms with E-state index in [2.05, 4.69) is 15.5 Å². The number of nitrogens with one attached hydrogen (secondary N) is 1. The lowest BCUT2D eigenvalue weighted by Crippen LogP contribution is -2.10. The first-order chi connectivity index (χ1) is 11.0. The zero-order chi connectivity index (χ0) is 16.4. The van der Waals surface area contributed by atoms with Crippen LogP contribution >= 0.6 is 11.3 Å². The Hall–Kier alpha value is -3.07. The van der Waals surface area contributed by atoms with E-state index < -0.39 is 10.8 Å². The summed E-state index contributed by atoms with van der Waals surface area (Å²) in [5.41, 5.74) is 0.219. The number of rotatable bonds is 4. The standard InChI is InChI=1S/C14H10N4O4S/c1-8-16-17-14(23-8)15-13(19)12-7-6-11(22-12)9-4-2-3-5-10(9)18(20)21/h2-7H,1H3,(H,15,17,19). The molecule has 1 amide bonds. The van der Waals surface area contributed by atoms with Gasteiger partial charge in [-0.05, 0) is 25.1 Å². The number of aromatic nitrogens is 2.